The maximum Gasteiger partial charge on any atom is 0.329 e. The van der Waals surface area contributed by atoms with Crippen LogP contribution in [0, 0.1) is 0 Å². The van der Waals surface area contributed by atoms with E-state index < -0.39 is 24.0 Å². The number of aliphatic hydroxyl groups is 2. The lowest BCUT2D eigenvalue weighted by Gasteiger charge is -2.08. The Morgan fingerprint density at radius 1 is 1.53 bits per heavy atom. The zero-order valence-electron chi connectivity index (χ0n) is 9.12. The molecule has 0 amide bonds. The molecule has 0 fully saturated rings. The summed E-state index contributed by atoms with van der Waals surface area (Å²) in [5.74, 6) is 0. The van der Waals surface area contributed by atoms with Crippen molar-refractivity contribution in [2.45, 2.75) is 12.6 Å². The zero-order valence-corrected chi connectivity index (χ0v) is 9.12. The monoisotopic (exact) mass is 240 g/mol. The summed E-state index contributed by atoms with van der Waals surface area (Å²) in [6.45, 7) is -0.377. The van der Waals surface area contributed by atoms with Crippen LogP contribution in [0.4, 0.5) is 0 Å². The van der Waals surface area contributed by atoms with Crippen LogP contribution in [0.25, 0.3) is 11.2 Å². The Hall–Kier alpha value is -1.93. The molecule has 0 bridgehead atoms. The molecule has 2 rings (SSSR count). The van der Waals surface area contributed by atoms with E-state index in [2.05, 4.69) is 9.97 Å². The molecule has 2 heterocycles. The van der Waals surface area contributed by atoms with Crippen molar-refractivity contribution in [1.82, 2.24) is 19.1 Å². The van der Waals surface area contributed by atoms with Gasteiger partial charge in [0, 0.05) is 7.05 Å². The van der Waals surface area contributed by atoms with Gasteiger partial charge in [-0.05, 0) is 0 Å². The van der Waals surface area contributed by atoms with E-state index in [0.717, 1.165) is 0 Å². The zero-order chi connectivity index (χ0) is 12.6. The van der Waals surface area contributed by atoms with Gasteiger partial charge in [-0.2, -0.15) is 0 Å². The van der Waals surface area contributed by atoms with Crippen LogP contribution >= 0.6 is 0 Å². The summed E-state index contributed by atoms with van der Waals surface area (Å²) in [5, 5.41) is 18.1. The van der Waals surface area contributed by atoms with Crippen LogP contribution < -0.4 is 11.2 Å². The van der Waals surface area contributed by atoms with E-state index in [9.17, 15) is 14.7 Å². The minimum atomic E-state index is -0.982. The number of aromatic nitrogens is 4. The lowest BCUT2D eigenvalue weighted by molar-refractivity contribution is 0.0820. The number of rotatable bonds is 3. The highest BCUT2D eigenvalue weighted by molar-refractivity contribution is 5.69. The van der Waals surface area contributed by atoms with Crippen LogP contribution in [0.1, 0.15) is 0 Å². The van der Waals surface area contributed by atoms with Crippen LogP contribution in [-0.4, -0.2) is 42.0 Å². The third-order valence-electron chi connectivity index (χ3n) is 2.49. The average molecular weight is 240 g/mol. The number of hydrogen-bond donors (Lipinski definition) is 3. The molecule has 0 aliphatic rings. The Balaban J connectivity index is 2.65. The van der Waals surface area contributed by atoms with Gasteiger partial charge in [0.25, 0.3) is 5.56 Å². The van der Waals surface area contributed by atoms with E-state index in [-0.39, 0.29) is 17.7 Å². The summed E-state index contributed by atoms with van der Waals surface area (Å²) in [7, 11) is 1.49. The fraction of sp³-hybridized carbons (Fsp3) is 0.444. The predicted molar refractivity (Wildman–Crippen MR) is 58.7 cm³/mol. The molecule has 0 saturated carbocycles. The number of aromatic amines is 1. The Bertz CT molecular complexity index is 653. The van der Waals surface area contributed by atoms with Crippen LogP contribution in [0.2, 0.25) is 0 Å². The van der Waals surface area contributed by atoms with E-state index >= 15 is 0 Å². The van der Waals surface area contributed by atoms with Crippen LogP contribution in [-0.2, 0) is 13.6 Å². The summed E-state index contributed by atoms with van der Waals surface area (Å²) < 4.78 is 2.60. The molecule has 2 aromatic rings. The molecule has 8 heteroatoms. The maximum absolute atomic E-state index is 11.6. The van der Waals surface area contributed by atoms with Gasteiger partial charge in [0.2, 0.25) is 0 Å². The molecule has 0 aliphatic heterocycles. The van der Waals surface area contributed by atoms with Crippen LogP contribution in [0.15, 0.2) is 15.9 Å². The Labute approximate surface area is 94.8 Å². The number of nitrogens with zero attached hydrogens (tertiary/aromatic N) is 3. The highest BCUT2D eigenvalue weighted by Gasteiger charge is 2.13. The van der Waals surface area contributed by atoms with Gasteiger partial charge in [0.05, 0.1) is 25.6 Å². The molecule has 92 valence electrons. The van der Waals surface area contributed by atoms with Crippen LogP contribution in [0.3, 0.4) is 0 Å². The Morgan fingerprint density at radius 3 is 2.88 bits per heavy atom. The van der Waals surface area contributed by atoms with Gasteiger partial charge in [-0.25, -0.2) is 9.78 Å². The molecule has 0 spiro atoms. The van der Waals surface area contributed by atoms with Gasteiger partial charge in [-0.3, -0.25) is 14.3 Å². The lowest BCUT2D eigenvalue weighted by atomic mass is 10.3. The number of aliphatic hydroxyl groups excluding tert-OH is 2. The third kappa shape index (κ3) is 1.87. The molecule has 1 atom stereocenters. The van der Waals surface area contributed by atoms with Gasteiger partial charge < -0.3 is 14.8 Å². The van der Waals surface area contributed by atoms with Crippen molar-refractivity contribution in [2.24, 2.45) is 7.05 Å². The Kier molecular flexibility index (Phi) is 2.82. The van der Waals surface area contributed by atoms with Gasteiger partial charge in [-0.1, -0.05) is 0 Å². The maximum atomic E-state index is 11.6. The van der Waals surface area contributed by atoms with E-state index in [4.69, 9.17) is 5.11 Å². The second-order valence-electron chi connectivity index (χ2n) is 3.72. The molecule has 0 aliphatic carbocycles. The molecule has 17 heavy (non-hydrogen) atoms. The number of hydrogen-bond acceptors (Lipinski definition) is 5. The van der Waals surface area contributed by atoms with Gasteiger partial charge >= 0.3 is 5.69 Å². The molecule has 3 N–H and O–H groups in total. The number of H-pyrrole nitrogens is 1. The van der Waals surface area contributed by atoms with Crippen molar-refractivity contribution in [2.75, 3.05) is 6.61 Å². The minimum absolute atomic E-state index is 0.0360. The van der Waals surface area contributed by atoms with E-state index in [0.29, 0.717) is 0 Å². The number of fused-ring (bicyclic) bond motifs is 1. The highest BCUT2D eigenvalue weighted by Crippen LogP contribution is 2.05. The predicted octanol–water partition coefficient (Wildman–Crippen LogP) is -2.22. The molecule has 0 radical (unpaired) electrons. The van der Waals surface area contributed by atoms with Crippen molar-refractivity contribution in [1.29, 1.82) is 0 Å². The topological polar surface area (TPSA) is 113 Å². The highest BCUT2D eigenvalue weighted by atomic mass is 16.3. The molecule has 2 aromatic heterocycles. The minimum Gasteiger partial charge on any atom is -0.394 e. The molecule has 0 saturated heterocycles. The standard InChI is InChI=1S/C9H12N4O4/c1-12-7-6(8(16)11-9(12)17)13(4-10-7)2-5(15)3-14/h4-5,14-15H,2-3H2,1H3,(H,11,16,17)/t5-/m0/s1. The van der Waals surface area contributed by atoms with E-state index in [1.165, 1.54) is 22.5 Å². The summed E-state index contributed by atoms with van der Waals surface area (Å²) in [6.07, 6.45) is 0.363. The second-order valence-corrected chi connectivity index (χ2v) is 3.72. The van der Waals surface area contributed by atoms with Crippen molar-refractivity contribution in [3.8, 4) is 0 Å². The second kappa shape index (κ2) is 4.15. The van der Waals surface area contributed by atoms with Crippen molar-refractivity contribution in [3.63, 3.8) is 0 Å². The fourth-order valence-corrected chi connectivity index (χ4v) is 1.61. The van der Waals surface area contributed by atoms with Crippen molar-refractivity contribution in [3.05, 3.63) is 27.2 Å². The van der Waals surface area contributed by atoms with E-state index in [1.54, 1.807) is 0 Å². The van der Waals surface area contributed by atoms with Gasteiger partial charge in [0.15, 0.2) is 11.2 Å². The first-order valence-corrected chi connectivity index (χ1v) is 4.97. The number of imidazole rings is 1. The van der Waals surface area contributed by atoms with Crippen molar-refractivity contribution >= 4 is 11.2 Å². The number of aryl methyl sites for hydroxylation is 1. The number of nitrogens with one attached hydrogen (secondary N) is 1. The first-order valence-electron chi connectivity index (χ1n) is 4.97. The Morgan fingerprint density at radius 2 is 2.24 bits per heavy atom. The fourth-order valence-electron chi connectivity index (χ4n) is 1.61. The quantitative estimate of drug-likeness (QED) is 0.562. The van der Waals surface area contributed by atoms with Crippen molar-refractivity contribution < 1.29 is 10.2 Å². The van der Waals surface area contributed by atoms with E-state index in [1.807, 2.05) is 0 Å². The molecule has 0 unspecified atom stereocenters. The largest absolute Gasteiger partial charge is 0.394 e. The SMILES string of the molecule is Cn1c(=O)[nH]c(=O)c2c1ncn2C[C@H](O)CO. The normalized spacial score (nSPS) is 13.1. The summed E-state index contributed by atoms with van der Waals surface area (Å²) in [5.41, 5.74) is -0.676. The molecule has 0 aromatic carbocycles. The first kappa shape index (κ1) is 11.6. The molecular weight excluding hydrogens is 228 g/mol. The molecule has 8 nitrogen and oxygen atoms in total. The van der Waals surface area contributed by atoms with Gasteiger partial charge in [0.1, 0.15) is 0 Å². The smallest absolute Gasteiger partial charge is 0.329 e. The van der Waals surface area contributed by atoms with Crippen LogP contribution in [0.5, 0.6) is 0 Å². The summed E-state index contributed by atoms with van der Waals surface area (Å²) >= 11 is 0. The third-order valence-corrected chi connectivity index (χ3v) is 2.49. The molecular formula is C9H12N4O4. The summed E-state index contributed by atoms with van der Waals surface area (Å²) in [4.78, 5) is 29.0. The lowest BCUT2D eigenvalue weighted by Crippen LogP contribution is -2.30. The average Bonchev–Trinajstić information content (AvgIpc) is 2.70. The first-order chi connectivity index (χ1) is 8.04. The summed E-state index contributed by atoms with van der Waals surface area (Å²) in [6, 6.07) is 0. The van der Waals surface area contributed by atoms with Gasteiger partial charge in [-0.15, -0.1) is 0 Å².